The number of halogens is 1. The minimum Gasteiger partial charge on any atom is -0.507 e. The molecule has 1 aliphatic heterocycles. The molecule has 3 aromatic carbocycles. The van der Waals surface area contributed by atoms with E-state index in [2.05, 4.69) is 0 Å². The number of amides is 1. The zero-order chi connectivity index (χ0) is 25.3. The lowest BCUT2D eigenvalue weighted by molar-refractivity contribution is -0.132. The molecule has 1 saturated heterocycles. The predicted octanol–water partition coefficient (Wildman–Crippen LogP) is 5.56. The van der Waals surface area contributed by atoms with Gasteiger partial charge in [0.25, 0.3) is 11.7 Å². The fourth-order valence-electron chi connectivity index (χ4n) is 4.19. The number of methoxy groups -OCH3 is 1. The van der Waals surface area contributed by atoms with E-state index in [1.54, 1.807) is 48.5 Å². The Morgan fingerprint density at radius 1 is 1.03 bits per heavy atom. The molecule has 6 nitrogen and oxygen atoms in total. The molecule has 0 saturated carbocycles. The third-order valence-electron chi connectivity index (χ3n) is 5.75. The van der Waals surface area contributed by atoms with Crippen LogP contribution < -0.4 is 14.4 Å². The number of benzene rings is 3. The number of nitrogens with zero attached hydrogens (tertiary/aromatic N) is 1. The largest absolute Gasteiger partial charge is 0.507 e. The van der Waals surface area contributed by atoms with Gasteiger partial charge in [0.05, 0.1) is 24.8 Å². The van der Waals surface area contributed by atoms with Crippen molar-refractivity contribution in [3.63, 3.8) is 0 Å². The maximum Gasteiger partial charge on any atom is 0.300 e. The second-order valence-electron chi connectivity index (χ2n) is 8.57. The van der Waals surface area contributed by atoms with Gasteiger partial charge in [-0.1, -0.05) is 18.2 Å². The van der Waals surface area contributed by atoms with Gasteiger partial charge >= 0.3 is 0 Å². The zero-order valence-electron chi connectivity index (χ0n) is 19.9. The topological polar surface area (TPSA) is 76.1 Å². The first kappa shape index (κ1) is 24.0. The van der Waals surface area contributed by atoms with Crippen molar-refractivity contribution < 1.29 is 28.6 Å². The Labute approximate surface area is 203 Å². The molecule has 0 bridgehead atoms. The molecular formula is C28H26FNO5. The fourth-order valence-corrected chi connectivity index (χ4v) is 4.19. The summed E-state index contributed by atoms with van der Waals surface area (Å²) in [5.41, 5.74) is 1.77. The second kappa shape index (κ2) is 9.62. The Balaban J connectivity index is 1.91. The maximum absolute atomic E-state index is 14.1. The van der Waals surface area contributed by atoms with Crippen molar-refractivity contribution in [2.75, 3.05) is 12.0 Å². The monoisotopic (exact) mass is 475 g/mol. The summed E-state index contributed by atoms with van der Waals surface area (Å²) in [6.07, 6.45) is -0.0298. The van der Waals surface area contributed by atoms with Crippen LogP contribution in [0.5, 0.6) is 11.5 Å². The van der Waals surface area contributed by atoms with Crippen LogP contribution in [0.2, 0.25) is 0 Å². The Kier molecular flexibility index (Phi) is 6.60. The summed E-state index contributed by atoms with van der Waals surface area (Å²) < 4.78 is 25.2. The first-order valence-electron chi connectivity index (χ1n) is 11.2. The molecular weight excluding hydrogens is 449 g/mol. The van der Waals surface area contributed by atoms with Gasteiger partial charge in [-0.3, -0.25) is 14.5 Å². The van der Waals surface area contributed by atoms with E-state index in [1.165, 1.54) is 30.2 Å². The van der Waals surface area contributed by atoms with Crippen LogP contribution in [0.25, 0.3) is 5.76 Å². The molecule has 1 amide bonds. The van der Waals surface area contributed by atoms with Crippen LogP contribution in [0.1, 0.15) is 36.6 Å². The summed E-state index contributed by atoms with van der Waals surface area (Å²) in [6.45, 7) is 5.66. The number of rotatable bonds is 6. The molecule has 0 aromatic heterocycles. The van der Waals surface area contributed by atoms with Crippen LogP contribution in [0, 0.1) is 12.7 Å². The van der Waals surface area contributed by atoms with Gasteiger partial charge in [-0.15, -0.1) is 0 Å². The zero-order valence-corrected chi connectivity index (χ0v) is 19.9. The average Bonchev–Trinajstić information content (AvgIpc) is 3.10. The van der Waals surface area contributed by atoms with Crippen molar-refractivity contribution in [3.8, 4) is 11.5 Å². The highest BCUT2D eigenvalue weighted by Crippen LogP contribution is 2.43. The van der Waals surface area contributed by atoms with E-state index in [1.807, 2.05) is 20.8 Å². The fraction of sp³-hybridized carbons (Fsp3) is 0.214. The minimum atomic E-state index is -0.987. The molecule has 3 aromatic rings. The first-order chi connectivity index (χ1) is 16.7. The lowest BCUT2D eigenvalue weighted by atomic mass is 9.94. The number of carbonyl (C=O) groups is 2. The molecule has 35 heavy (non-hydrogen) atoms. The van der Waals surface area contributed by atoms with Gasteiger partial charge in [-0.25, -0.2) is 4.39 Å². The predicted molar refractivity (Wildman–Crippen MR) is 131 cm³/mol. The SMILES string of the molecule is COc1cccc(C2/C(=C(\O)c3ccc(OC(C)C)c(C)c3)C(=O)C(=O)N2c2cccc(F)c2)c1. The maximum atomic E-state index is 14.1. The van der Waals surface area contributed by atoms with Crippen LogP contribution >= 0.6 is 0 Å². The number of aliphatic hydroxyl groups is 1. The quantitative estimate of drug-likeness (QED) is 0.287. The summed E-state index contributed by atoms with van der Waals surface area (Å²) in [7, 11) is 1.51. The van der Waals surface area contributed by atoms with Crippen LogP contribution in [0.3, 0.4) is 0 Å². The number of ether oxygens (including phenoxy) is 2. The van der Waals surface area contributed by atoms with Crippen molar-refractivity contribution >= 4 is 23.1 Å². The van der Waals surface area contributed by atoms with E-state index >= 15 is 0 Å². The molecule has 0 spiro atoms. The van der Waals surface area contributed by atoms with Gasteiger partial charge < -0.3 is 14.6 Å². The summed E-state index contributed by atoms with van der Waals surface area (Å²) >= 11 is 0. The normalized spacial score (nSPS) is 17.2. The molecule has 7 heteroatoms. The van der Waals surface area contributed by atoms with Crippen LogP contribution in [-0.2, 0) is 9.59 Å². The number of aryl methyl sites for hydroxylation is 1. The highest BCUT2D eigenvalue weighted by Gasteiger charge is 2.47. The van der Waals surface area contributed by atoms with Crippen molar-refractivity contribution in [3.05, 3.63) is 94.8 Å². The molecule has 0 radical (unpaired) electrons. The lowest BCUT2D eigenvalue weighted by Gasteiger charge is -2.25. The summed E-state index contributed by atoms with van der Waals surface area (Å²) in [6, 6.07) is 16.4. The Morgan fingerprint density at radius 3 is 2.43 bits per heavy atom. The number of ketones is 1. The van der Waals surface area contributed by atoms with E-state index in [0.29, 0.717) is 22.6 Å². The van der Waals surface area contributed by atoms with E-state index in [4.69, 9.17) is 9.47 Å². The van der Waals surface area contributed by atoms with Gasteiger partial charge in [0, 0.05) is 11.3 Å². The molecule has 1 atom stereocenters. The number of hydrogen-bond acceptors (Lipinski definition) is 5. The molecule has 0 aliphatic carbocycles. The minimum absolute atomic E-state index is 0.0298. The van der Waals surface area contributed by atoms with Gasteiger partial charge in [-0.05, 0) is 80.4 Å². The number of aliphatic hydroxyl groups excluding tert-OH is 1. The summed E-state index contributed by atoms with van der Waals surface area (Å²) in [5.74, 6) is -1.43. The van der Waals surface area contributed by atoms with E-state index in [9.17, 15) is 19.1 Å². The van der Waals surface area contributed by atoms with E-state index in [0.717, 1.165) is 5.56 Å². The molecule has 1 unspecified atom stereocenters. The average molecular weight is 476 g/mol. The van der Waals surface area contributed by atoms with Crippen molar-refractivity contribution in [1.82, 2.24) is 0 Å². The lowest BCUT2D eigenvalue weighted by Crippen LogP contribution is -2.29. The number of Topliss-reactive ketones (excluding diaryl/α,β-unsaturated/α-hetero) is 1. The molecule has 180 valence electrons. The third-order valence-corrected chi connectivity index (χ3v) is 5.75. The molecule has 4 rings (SSSR count). The molecule has 1 fully saturated rings. The van der Waals surface area contributed by atoms with Crippen LogP contribution in [-0.4, -0.2) is 30.0 Å². The van der Waals surface area contributed by atoms with E-state index < -0.39 is 23.5 Å². The van der Waals surface area contributed by atoms with Gasteiger partial charge in [-0.2, -0.15) is 0 Å². The number of anilines is 1. The van der Waals surface area contributed by atoms with Crippen molar-refractivity contribution in [2.24, 2.45) is 0 Å². The van der Waals surface area contributed by atoms with E-state index in [-0.39, 0.29) is 23.1 Å². The number of carbonyl (C=O) groups excluding carboxylic acids is 2. The molecule has 1 aliphatic rings. The molecule has 1 heterocycles. The third kappa shape index (κ3) is 4.62. The summed E-state index contributed by atoms with van der Waals surface area (Å²) in [5, 5.41) is 11.3. The van der Waals surface area contributed by atoms with Gasteiger partial charge in [0.15, 0.2) is 0 Å². The first-order valence-corrected chi connectivity index (χ1v) is 11.2. The highest BCUT2D eigenvalue weighted by atomic mass is 19.1. The van der Waals surface area contributed by atoms with Crippen molar-refractivity contribution in [1.29, 1.82) is 0 Å². The van der Waals surface area contributed by atoms with Gasteiger partial charge in [0.1, 0.15) is 23.1 Å². The Bertz CT molecular complexity index is 1330. The number of hydrogen-bond donors (Lipinski definition) is 1. The van der Waals surface area contributed by atoms with Crippen LogP contribution in [0.15, 0.2) is 72.3 Å². The summed E-state index contributed by atoms with van der Waals surface area (Å²) in [4.78, 5) is 27.7. The Morgan fingerprint density at radius 2 is 1.77 bits per heavy atom. The highest BCUT2D eigenvalue weighted by molar-refractivity contribution is 6.51. The molecule has 1 N–H and O–H groups in total. The Hall–Kier alpha value is -4.13. The second-order valence-corrected chi connectivity index (χ2v) is 8.57. The standard InChI is InChI=1S/C28H26FNO5/c1-16(2)35-23-12-11-19(13-17(23)3)26(31)24-25(18-7-5-10-22(14-18)34-4)30(28(33)27(24)32)21-9-6-8-20(29)15-21/h5-16,25,31H,1-4H3/b26-24+. The van der Waals surface area contributed by atoms with Crippen LogP contribution in [0.4, 0.5) is 10.1 Å². The smallest absolute Gasteiger partial charge is 0.300 e. The van der Waals surface area contributed by atoms with Crippen molar-refractivity contribution in [2.45, 2.75) is 32.9 Å². The van der Waals surface area contributed by atoms with Gasteiger partial charge in [0.2, 0.25) is 0 Å².